The first-order valence-corrected chi connectivity index (χ1v) is 7.95. The largest absolute Gasteiger partial charge is 0.452 e. The Morgan fingerprint density at radius 2 is 1.52 bits per heavy atom. The summed E-state index contributed by atoms with van der Waals surface area (Å²) in [6.07, 6.45) is -4.32. The van der Waals surface area contributed by atoms with Gasteiger partial charge in [0.1, 0.15) is 0 Å². The zero-order chi connectivity index (χ0) is 17.6. The lowest BCUT2D eigenvalue weighted by Gasteiger charge is -2.27. The van der Waals surface area contributed by atoms with Crippen LogP contribution in [-0.4, -0.2) is 46.1 Å². The third-order valence-corrected chi connectivity index (χ3v) is 4.77. The molecule has 0 aliphatic carbocycles. The smallest absolute Gasteiger partial charge is 0.339 e. The summed E-state index contributed by atoms with van der Waals surface area (Å²) in [6, 6.07) is 17.3. The van der Waals surface area contributed by atoms with Crippen molar-refractivity contribution in [3.8, 4) is 11.1 Å². The van der Waals surface area contributed by atoms with E-state index in [1.807, 2.05) is 54.6 Å². The third kappa shape index (κ3) is 2.42. The van der Waals surface area contributed by atoms with Crippen LogP contribution in [0.4, 0.5) is 0 Å². The van der Waals surface area contributed by atoms with Gasteiger partial charge in [0.15, 0.2) is 23.9 Å². The Kier molecular flexibility index (Phi) is 3.59. The van der Waals surface area contributed by atoms with Crippen molar-refractivity contribution < 1.29 is 29.3 Å². The predicted octanol–water partition coefficient (Wildman–Crippen LogP) is 0.839. The van der Waals surface area contributed by atoms with E-state index in [-0.39, 0.29) is 6.42 Å². The average Bonchev–Trinajstić information content (AvgIpc) is 3.01. The number of rotatable bonds is 3. The Balaban J connectivity index is 1.63. The van der Waals surface area contributed by atoms with E-state index in [1.54, 1.807) is 0 Å². The molecule has 2 saturated heterocycles. The van der Waals surface area contributed by atoms with Crippen LogP contribution in [0.3, 0.4) is 0 Å². The molecule has 0 spiro atoms. The lowest BCUT2D eigenvalue weighted by Crippen LogP contribution is -2.49. The summed E-state index contributed by atoms with van der Waals surface area (Å²) in [5.74, 6) is -1.78. The summed E-state index contributed by atoms with van der Waals surface area (Å²) >= 11 is 0. The molecule has 4 rings (SSSR count). The lowest BCUT2D eigenvalue weighted by atomic mass is 9.85. The summed E-state index contributed by atoms with van der Waals surface area (Å²) in [7, 11) is 0. The SMILES string of the molecule is O=C1O[C@@]2(Cc3ccc(-c4ccccc4)cc3)[C@@H](O)C(=O)O[C@H]2[C@H]1O. The van der Waals surface area contributed by atoms with E-state index in [0.717, 1.165) is 16.7 Å². The Hall–Kier alpha value is -2.70. The van der Waals surface area contributed by atoms with Crippen LogP contribution in [0.2, 0.25) is 0 Å². The Labute approximate surface area is 143 Å². The molecule has 0 amide bonds. The number of benzene rings is 2. The van der Waals surface area contributed by atoms with Crippen LogP contribution in [-0.2, 0) is 25.5 Å². The van der Waals surface area contributed by atoms with Gasteiger partial charge in [-0.05, 0) is 16.7 Å². The molecule has 6 nitrogen and oxygen atoms in total. The van der Waals surface area contributed by atoms with E-state index >= 15 is 0 Å². The molecule has 25 heavy (non-hydrogen) atoms. The van der Waals surface area contributed by atoms with Gasteiger partial charge in [0.05, 0.1) is 0 Å². The van der Waals surface area contributed by atoms with Crippen molar-refractivity contribution in [3.05, 3.63) is 60.2 Å². The van der Waals surface area contributed by atoms with E-state index in [1.165, 1.54) is 0 Å². The average molecular weight is 340 g/mol. The second-order valence-electron chi connectivity index (χ2n) is 6.32. The predicted molar refractivity (Wildman–Crippen MR) is 86.3 cm³/mol. The van der Waals surface area contributed by atoms with Crippen LogP contribution in [0.1, 0.15) is 5.56 Å². The Bertz CT molecular complexity index is 814. The summed E-state index contributed by atoms with van der Waals surface area (Å²) in [5, 5.41) is 20.1. The fourth-order valence-electron chi connectivity index (χ4n) is 3.46. The highest BCUT2D eigenvalue weighted by Gasteiger charge is 2.68. The number of esters is 2. The molecule has 128 valence electrons. The zero-order valence-electron chi connectivity index (χ0n) is 13.2. The van der Waals surface area contributed by atoms with Crippen LogP contribution >= 0.6 is 0 Å². The normalized spacial score (nSPS) is 30.7. The topological polar surface area (TPSA) is 93.1 Å². The Morgan fingerprint density at radius 1 is 0.880 bits per heavy atom. The summed E-state index contributed by atoms with van der Waals surface area (Å²) in [5.41, 5.74) is 1.25. The molecule has 2 aliphatic rings. The minimum absolute atomic E-state index is 0.0719. The van der Waals surface area contributed by atoms with Gasteiger partial charge < -0.3 is 19.7 Å². The molecule has 2 aromatic carbocycles. The second kappa shape index (κ2) is 5.68. The van der Waals surface area contributed by atoms with E-state index < -0.39 is 35.9 Å². The molecule has 2 aromatic rings. The number of hydrogen-bond acceptors (Lipinski definition) is 6. The summed E-state index contributed by atoms with van der Waals surface area (Å²) in [6.45, 7) is 0. The number of fused-ring (bicyclic) bond motifs is 1. The molecule has 0 radical (unpaired) electrons. The second-order valence-corrected chi connectivity index (χ2v) is 6.32. The first-order valence-electron chi connectivity index (χ1n) is 7.95. The van der Waals surface area contributed by atoms with Crippen molar-refractivity contribution in [1.82, 2.24) is 0 Å². The van der Waals surface area contributed by atoms with Gasteiger partial charge in [-0.1, -0.05) is 54.6 Å². The molecule has 2 heterocycles. The molecule has 0 unspecified atom stereocenters. The molecular weight excluding hydrogens is 324 g/mol. The number of carbonyl (C=O) groups excluding carboxylic acids is 2. The fraction of sp³-hybridized carbons (Fsp3) is 0.263. The number of ether oxygens (including phenoxy) is 2. The van der Waals surface area contributed by atoms with Gasteiger partial charge >= 0.3 is 11.9 Å². The number of aliphatic hydroxyl groups excluding tert-OH is 2. The minimum atomic E-state index is -1.62. The molecule has 2 aliphatic heterocycles. The highest BCUT2D eigenvalue weighted by molar-refractivity contribution is 5.87. The van der Waals surface area contributed by atoms with E-state index in [2.05, 4.69) is 0 Å². The first-order chi connectivity index (χ1) is 12.0. The van der Waals surface area contributed by atoms with Crippen LogP contribution in [0.15, 0.2) is 54.6 Å². The quantitative estimate of drug-likeness (QED) is 0.805. The zero-order valence-corrected chi connectivity index (χ0v) is 13.2. The van der Waals surface area contributed by atoms with Crippen molar-refractivity contribution in [2.45, 2.75) is 30.3 Å². The van der Waals surface area contributed by atoms with Crippen LogP contribution in [0.25, 0.3) is 11.1 Å². The van der Waals surface area contributed by atoms with Crippen molar-refractivity contribution in [3.63, 3.8) is 0 Å². The Morgan fingerprint density at radius 3 is 2.20 bits per heavy atom. The van der Waals surface area contributed by atoms with Gasteiger partial charge in [0.25, 0.3) is 0 Å². The maximum atomic E-state index is 11.7. The van der Waals surface area contributed by atoms with E-state index in [0.29, 0.717) is 0 Å². The molecule has 2 fully saturated rings. The molecular formula is C19H16O6. The van der Waals surface area contributed by atoms with Gasteiger partial charge in [0.2, 0.25) is 0 Å². The van der Waals surface area contributed by atoms with Crippen LogP contribution in [0, 0.1) is 0 Å². The van der Waals surface area contributed by atoms with Gasteiger partial charge in [-0.15, -0.1) is 0 Å². The number of hydrogen-bond donors (Lipinski definition) is 2. The van der Waals surface area contributed by atoms with E-state index in [9.17, 15) is 19.8 Å². The fourth-order valence-corrected chi connectivity index (χ4v) is 3.46. The van der Waals surface area contributed by atoms with Gasteiger partial charge in [-0.3, -0.25) is 0 Å². The molecule has 0 aromatic heterocycles. The monoisotopic (exact) mass is 340 g/mol. The van der Waals surface area contributed by atoms with Crippen molar-refractivity contribution in [2.24, 2.45) is 0 Å². The van der Waals surface area contributed by atoms with Gasteiger partial charge in [-0.25, -0.2) is 9.59 Å². The van der Waals surface area contributed by atoms with Crippen LogP contribution in [0.5, 0.6) is 0 Å². The first kappa shape index (κ1) is 15.8. The highest BCUT2D eigenvalue weighted by atomic mass is 16.7. The number of carbonyl (C=O) groups is 2. The summed E-state index contributed by atoms with van der Waals surface area (Å²) in [4.78, 5) is 23.4. The maximum absolute atomic E-state index is 11.7. The number of aliphatic hydroxyl groups is 2. The van der Waals surface area contributed by atoms with Crippen molar-refractivity contribution >= 4 is 11.9 Å². The molecule has 4 atom stereocenters. The van der Waals surface area contributed by atoms with Crippen molar-refractivity contribution in [2.75, 3.05) is 0 Å². The lowest BCUT2D eigenvalue weighted by molar-refractivity contribution is -0.164. The molecule has 0 saturated carbocycles. The van der Waals surface area contributed by atoms with Crippen molar-refractivity contribution in [1.29, 1.82) is 0 Å². The van der Waals surface area contributed by atoms with E-state index in [4.69, 9.17) is 9.47 Å². The maximum Gasteiger partial charge on any atom is 0.339 e. The minimum Gasteiger partial charge on any atom is -0.452 e. The van der Waals surface area contributed by atoms with Gasteiger partial charge in [-0.2, -0.15) is 0 Å². The third-order valence-electron chi connectivity index (χ3n) is 4.77. The van der Waals surface area contributed by atoms with Gasteiger partial charge in [0, 0.05) is 6.42 Å². The highest BCUT2D eigenvalue weighted by Crippen LogP contribution is 2.41. The molecule has 0 bridgehead atoms. The summed E-state index contributed by atoms with van der Waals surface area (Å²) < 4.78 is 10.2. The molecule has 2 N–H and O–H groups in total. The van der Waals surface area contributed by atoms with Crippen LogP contribution < -0.4 is 0 Å². The standard InChI is InChI=1S/C19H16O6/c20-14-16-19(25-17(14)22,15(21)18(23)24-16)10-11-6-8-13(9-7-11)12-4-2-1-3-5-12/h1-9,14-16,20-21H,10H2/t14-,15+,16+,19+/m1/s1. The molecule has 6 heteroatoms.